The molecule has 2 aromatic heterocycles. The van der Waals surface area contributed by atoms with Gasteiger partial charge in [-0.05, 0) is 36.5 Å². The Kier molecular flexibility index (Phi) is 4.55. The minimum absolute atomic E-state index is 0.0219. The summed E-state index contributed by atoms with van der Waals surface area (Å²) in [6.45, 7) is -0.466. The van der Waals surface area contributed by atoms with Gasteiger partial charge < -0.3 is 15.4 Å². The zero-order valence-electron chi connectivity index (χ0n) is 13.2. The van der Waals surface area contributed by atoms with Gasteiger partial charge in [-0.1, -0.05) is 0 Å². The fraction of sp³-hybridized carbons (Fsp3) is 0.400. The predicted octanol–water partition coefficient (Wildman–Crippen LogP) is 3.36. The molecule has 0 aliphatic heterocycles. The quantitative estimate of drug-likeness (QED) is 0.813. The molecule has 2 aromatic rings. The topological polar surface area (TPSA) is 76.1 Å². The standard InChI is InChI=1S/C15H15F3N4O2S/c1-24-10-2-3-11(21-9-6-20-25-7-9)22-12(10)13(23)19-8-14(4-5-14)15(16,17)18/h2-3,6-7H,4-5,8H2,1H3,(H,19,23)(H,21,22). The van der Waals surface area contributed by atoms with Crippen molar-refractivity contribution in [1.29, 1.82) is 0 Å². The van der Waals surface area contributed by atoms with Crippen LogP contribution in [0.25, 0.3) is 0 Å². The Balaban J connectivity index is 1.74. The number of aromatic nitrogens is 2. The van der Waals surface area contributed by atoms with E-state index in [1.807, 2.05) is 0 Å². The van der Waals surface area contributed by atoms with Crippen molar-refractivity contribution in [3.63, 3.8) is 0 Å². The number of pyridine rings is 1. The largest absolute Gasteiger partial charge is 0.494 e. The summed E-state index contributed by atoms with van der Waals surface area (Å²) in [4.78, 5) is 16.5. The summed E-state index contributed by atoms with van der Waals surface area (Å²) < 4.78 is 47.9. The first kappa shape index (κ1) is 17.5. The lowest BCUT2D eigenvalue weighted by Gasteiger charge is -2.19. The molecule has 1 aliphatic carbocycles. The highest BCUT2D eigenvalue weighted by Gasteiger charge is 2.63. The molecular weight excluding hydrogens is 357 g/mol. The molecule has 6 nitrogen and oxygen atoms in total. The summed E-state index contributed by atoms with van der Waals surface area (Å²) in [6, 6.07) is 3.13. The lowest BCUT2D eigenvalue weighted by molar-refractivity contribution is -0.184. The first-order valence-electron chi connectivity index (χ1n) is 7.41. The van der Waals surface area contributed by atoms with Crippen LogP contribution in [0.1, 0.15) is 23.3 Å². The number of halogens is 3. The van der Waals surface area contributed by atoms with Crippen molar-refractivity contribution in [2.24, 2.45) is 5.41 Å². The van der Waals surface area contributed by atoms with E-state index < -0.39 is 24.0 Å². The number of anilines is 2. The monoisotopic (exact) mass is 372 g/mol. The highest BCUT2D eigenvalue weighted by molar-refractivity contribution is 7.04. The Morgan fingerprint density at radius 2 is 2.16 bits per heavy atom. The zero-order chi connectivity index (χ0) is 18.1. The smallest absolute Gasteiger partial charge is 0.396 e. The van der Waals surface area contributed by atoms with E-state index in [-0.39, 0.29) is 24.3 Å². The number of methoxy groups -OCH3 is 1. The number of rotatable bonds is 6. The number of amides is 1. The van der Waals surface area contributed by atoms with Crippen molar-refractivity contribution < 1.29 is 22.7 Å². The Labute approximate surface area is 145 Å². The number of hydrogen-bond acceptors (Lipinski definition) is 6. The van der Waals surface area contributed by atoms with Crippen LogP contribution in [-0.2, 0) is 0 Å². The maximum absolute atomic E-state index is 13.0. The third kappa shape index (κ3) is 3.68. The minimum atomic E-state index is -4.33. The van der Waals surface area contributed by atoms with E-state index in [1.165, 1.54) is 24.7 Å². The normalized spacial score (nSPS) is 15.5. The average molecular weight is 372 g/mol. The lowest BCUT2D eigenvalue weighted by atomic mass is 10.1. The first-order valence-corrected chi connectivity index (χ1v) is 8.25. The average Bonchev–Trinajstić information content (AvgIpc) is 3.22. The molecule has 1 amide bonds. The molecule has 2 heterocycles. The summed E-state index contributed by atoms with van der Waals surface area (Å²) in [5.41, 5.74) is -1.19. The van der Waals surface area contributed by atoms with E-state index >= 15 is 0 Å². The van der Waals surface area contributed by atoms with Crippen LogP contribution in [0.3, 0.4) is 0 Å². The van der Waals surface area contributed by atoms with Crippen molar-refractivity contribution in [3.05, 3.63) is 29.4 Å². The van der Waals surface area contributed by atoms with Gasteiger partial charge >= 0.3 is 6.18 Å². The molecule has 0 unspecified atom stereocenters. The number of hydrogen-bond donors (Lipinski definition) is 2. The van der Waals surface area contributed by atoms with E-state index in [2.05, 4.69) is 20.0 Å². The Morgan fingerprint density at radius 3 is 2.72 bits per heavy atom. The highest BCUT2D eigenvalue weighted by Crippen LogP contribution is 2.57. The Hall–Kier alpha value is -2.36. The van der Waals surface area contributed by atoms with E-state index in [4.69, 9.17) is 4.74 Å². The van der Waals surface area contributed by atoms with E-state index in [0.29, 0.717) is 11.5 Å². The molecule has 0 bridgehead atoms. The molecule has 0 spiro atoms. The van der Waals surface area contributed by atoms with Crippen LogP contribution in [0, 0.1) is 5.41 Å². The molecule has 134 valence electrons. The molecular formula is C15H15F3N4O2S. The zero-order valence-corrected chi connectivity index (χ0v) is 14.0. The van der Waals surface area contributed by atoms with E-state index in [1.54, 1.807) is 17.6 Å². The summed E-state index contributed by atoms with van der Waals surface area (Å²) in [6.07, 6.45) is -2.69. The molecule has 10 heteroatoms. The molecule has 25 heavy (non-hydrogen) atoms. The molecule has 1 fully saturated rings. The van der Waals surface area contributed by atoms with Gasteiger partial charge in [-0.15, -0.1) is 0 Å². The highest BCUT2D eigenvalue weighted by atomic mass is 32.1. The van der Waals surface area contributed by atoms with Crippen LogP contribution in [-0.4, -0.2) is 35.1 Å². The number of nitrogens with zero attached hydrogens (tertiary/aromatic N) is 2. The van der Waals surface area contributed by atoms with Gasteiger partial charge in [-0.3, -0.25) is 4.79 Å². The van der Waals surface area contributed by atoms with Crippen LogP contribution >= 0.6 is 11.5 Å². The third-order valence-corrected chi connectivity index (χ3v) is 4.63. The van der Waals surface area contributed by atoms with Crippen LogP contribution in [0.5, 0.6) is 5.75 Å². The summed E-state index contributed by atoms with van der Waals surface area (Å²) in [7, 11) is 1.36. The molecule has 1 saturated carbocycles. The number of nitrogens with one attached hydrogen (secondary N) is 2. The number of ether oxygens (including phenoxy) is 1. The lowest BCUT2D eigenvalue weighted by Crippen LogP contribution is -2.38. The van der Waals surface area contributed by atoms with E-state index in [0.717, 1.165) is 0 Å². The van der Waals surface area contributed by atoms with Crippen LogP contribution in [0.2, 0.25) is 0 Å². The fourth-order valence-corrected chi connectivity index (χ4v) is 2.77. The Morgan fingerprint density at radius 1 is 1.40 bits per heavy atom. The SMILES string of the molecule is COc1ccc(Nc2cnsc2)nc1C(=O)NCC1(C(F)(F)F)CC1. The van der Waals surface area contributed by atoms with Crippen LogP contribution in [0.15, 0.2) is 23.7 Å². The van der Waals surface area contributed by atoms with Gasteiger partial charge in [0.25, 0.3) is 5.91 Å². The first-order chi connectivity index (χ1) is 11.8. The van der Waals surface area contributed by atoms with Crippen molar-refractivity contribution in [1.82, 2.24) is 14.7 Å². The maximum atomic E-state index is 13.0. The van der Waals surface area contributed by atoms with Crippen molar-refractivity contribution in [3.8, 4) is 5.75 Å². The molecule has 0 saturated heterocycles. The molecule has 3 rings (SSSR count). The van der Waals surface area contributed by atoms with Gasteiger partial charge in [0.15, 0.2) is 5.69 Å². The molecule has 1 aliphatic rings. The van der Waals surface area contributed by atoms with Gasteiger partial charge in [0.05, 0.1) is 24.4 Å². The molecule has 0 aromatic carbocycles. The summed E-state index contributed by atoms with van der Waals surface area (Å²) in [5, 5.41) is 7.05. The van der Waals surface area contributed by atoms with Crippen molar-refractivity contribution in [2.45, 2.75) is 19.0 Å². The summed E-state index contributed by atoms with van der Waals surface area (Å²) >= 11 is 1.25. The maximum Gasteiger partial charge on any atom is 0.396 e. The van der Waals surface area contributed by atoms with Crippen molar-refractivity contribution in [2.75, 3.05) is 19.0 Å². The number of carbonyl (C=O) groups is 1. The fourth-order valence-electron chi connectivity index (χ4n) is 2.30. The van der Waals surface area contributed by atoms with Gasteiger partial charge in [0.2, 0.25) is 0 Å². The Bertz CT molecular complexity index is 761. The van der Waals surface area contributed by atoms with Crippen LogP contribution in [0.4, 0.5) is 24.7 Å². The third-order valence-electron chi connectivity index (χ3n) is 4.04. The molecule has 0 radical (unpaired) electrons. The van der Waals surface area contributed by atoms with E-state index in [9.17, 15) is 18.0 Å². The second kappa shape index (κ2) is 6.51. The van der Waals surface area contributed by atoms with Crippen LogP contribution < -0.4 is 15.4 Å². The predicted molar refractivity (Wildman–Crippen MR) is 86.2 cm³/mol. The van der Waals surface area contributed by atoms with Gasteiger partial charge in [0, 0.05) is 11.9 Å². The van der Waals surface area contributed by atoms with Gasteiger partial charge in [-0.25, -0.2) is 4.98 Å². The minimum Gasteiger partial charge on any atom is -0.494 e. The van der Waals surface area contributed by atoms with Crippen molar-refractivity contribution >= 4 is 28.9 Å². The van der Waals surface area contributed by atoms with Gasteiger partial charge in [0.1, 0.15) is 11.6 Å². The second-order valence-electron chi connectivity index (χ2n) is 5.75. The number of alkyl halides is 3. The van der Waals surface area contributed by atoms with Gasteiger partial charge in [-0.2, -0.15) is 17.5 Å². The number of carbonyl (C=O) groups excluding carboxylic acids is 1. The molecule has 2 N–H and O–H groups in total. The molecule has 0 atom stereocenters. The summed E-state index contributed by atoms with van der Waals surface area (Å²) in [5.74, 6) is -0.161. The second-order valence-corrected chi connectivity index (χ2v) is 6.40.